The summed E-state index contributed by atoms with van der Waals surface area (Å²) in [5.41, 5.74) is 2.59. The second kappa shape index (κ2) is 6.87. The summed E-state index contributed by atoms with van der Waals surface area (Å²) in [6.45, 7) is 5.37. The third-order valence-corrected chi connectivity index (χ3v) is 4.02. The molecule has 122 valence electrons. The quantitative estimate of drug-likeness (QED) is 0.851. The zero-order valence-corrected chi connectivity index (χ0v) is 13.4. The fraction of sp³-hybridized carbons (Fsp3) is 0.500. The highest BCUT2D eigenvalue weighted by Gasteiger charge is 2.30. The van der Waals surface area contributed by atoms with Gasteiger partial charge < -0.3 is 14.2 Å². The first kappa shape index (κ1) is 15.6. The van der Waals surface area contributed by atoms with E-state index < -0.39 is 0 Å². The highest BCUT2D eigenvalue weighted by Crippen LogP contribution is 2.18. The topological polar surface area (TPSA) is 81.4 Å². The predicted octanol–water partition coefficient (Wildman–Crippen LogP) is 1.56. The maximum absolute atomic E-state index is 12.6. The van der Waals surface area contributed by atoms with Crippen molar-refractivity contribution < 1.29 is 14.1 Å². The molecule has 0 aliphatic carbocycles. The van der Waals surface area contributed by atoms with E-state index in [4.69, 9.17) is 9.26 Å². The van der Waals surface area contributed by atoms with E-state index >= 15 is 0 Å². The number of morpholine rings is 1. The van der Waals surface area contributed by atoms with Crippen molar-refractivity contribution in [2.75, 3.05) is 19.8 Å². The number of carbonyl (C=O) groups is 1. The van der Waals surface area contributed by atoms with Gasteiger partial charge in [0.05, 0.1) is 36.3 Å². The van der Waals surface area contributed by atoms with E-state index in [0.29, 0.717) is 25.5 Å². The molecule has 2 aromatic heterocycles. The normalized spacial score (nSPS) is 18.2. The number of nitrogens with zero attached hydrogens (tertiary/aromatic N) is 4. The molecule has 0 aromatic carbocycles. The number of amides is 1. The minimum atomic E-state index is -0.130. The monoisotopic (exact) mass is 316 g/mol. The van der Waals surface area contributed by atoms with Gasteiger partial charge in [0.2, 0.25) is 5.76 Å². The van der Waals surface area contributed by atoms with Gasteiger partial charge in [0.1, 0.15) is 0 Å². The molecule has 23 heavy (non-hydrogen) atoms. The number of hydrogen-bond acceptors (Lipinski definition) is 6. The Bertz CT molecular complexity index is 685. The van der Waals surface area contributed by atoms with Gasteiger partial charge in [-0.1, -0.05) is 5.16 Å². The van der Waals surface area contributed by atoms with Gasteiger partial charge in [-0.05, 0) is 26.7 Å². The van der Waals surface area contributed by atoms with Gasteiger partial charge in [0.25, 0.3) is 5.91 Å². The Hall–Kier alpha value is -2.28. The standard InChI is InChI=1S/C16H20N4O3/c1-11-9-15(23-19-11)16(21)20-7-8-22-10-13(20)3-4-14-12(2)17-5-6-18-14/h5-6,9,13H,3-4,7-8,10H2,1-2H3. The molecular weight excluding hydrogens is 296 g/mol. The first-order valence-electron chi connectivity index (χ1n) is 7.73. The van der Waals surface area contributed by atoms with Gasteiger partial charge >= 0.3 is 0 Å². The minimum absolute atomic E-state index is 0.00284. The number of hydrogen-bond donors (Lipinski definition) is 0. The molecule has 3 heterocycles. The highest BCUT2D eigenvalue weighted by atomic mass is 16.5. The average molecular weight is 316 g/mol. The lowest BCUT2D eigenvalue weighted by Crippen LogP contribution is -2.48. The van der Waals surface area contributed by atoms with E-state index in [9.17, 15) is 4.79 Å². The van der Waals surface area contributed by atoms with Crippen molar-refractivity contribution in [2.24, 2.45) is 0 Å². The number of ether oxygens (including phenoxy) is 1. The lowest BCUT2D eigenvalue weighted by Gasteiger charge is -2.35. The first-order chi connectivity index (χ1) is 11.1. The summed E-state index contributed by atoms with van der Waals surface area (Å²) >= 11 is 0. The Kier molecular flexibility index (Phi) is 4.66. The van der Waals surface area contributed by atoms with Gasteiger partial charge in [0.15, 0.2) is 0 Å². The minimum Gasteiger partial charge on any atom is -0.377 e. The van der Waals surface area contributed by atoms with Crippen molar-refractivity contribution >= 4 is 5.91 Å². The maximum atomic E-state index is 12.6. The summed E-state index contributed by atoms with van der Waals surface area (Å²) in [7, 11) is 0. The van der Waals surface area contributed by atoms with E-state index in [-0.39, 0.29) is 17.7 Å². The summed E-state index contributed by atoms with van der Waals surface area (Å²) < 4.78 is 10.7. The van der Waals surface area contributed by atoms with Crippen LogP contribution in [0, 0.1) is 13.8 Å². The molecular formula is C16H20N4O3. The van der Waals surface area contributed by atoms with Crippen LogP contribution in [-0.2, 0) is 11.2 Å². The Morgan fingerprint density at radius 3 is 2.91 bits per heavy atom. The molecule has 7 heteroatoms. The predicted molar refractivity (Wildman–Crippen MR) is 82.0 cm³/mol. The van der Waals surface area contributed by atoms with Crippen LogP contribution < -0.4 is 0 Å². The molecule has 1 unspecified atom stereocenters. The molecule has 2 aromatic rings. The molecule has 1 aliphatic rings. The van der Waals surface area contributed by atoms with Crippen molar-refractivity contribution in [3.05, 3.63) is 41.3 Å². The number of aryl methyl sites for hydroxylation is 3. The van der Waals surface area contributed by atoms with Gasteiger partial charge in [-0.25, -0.2) is 0 Å². The molecule has 1 amide bonds. The summed E-state index contributed by atoms with van der Waals surface area (Å²) in [5.74, 6) is 0.153. The first-order valence-corrected chi connectivity index (χ1v) is 7.73. The van der Waals surface area contributed by atoms with Gasteiger partial charge in [-0.3, -0.25) is 14.8 Å². The van der Waals surface area contributed by atoms with Crippen LogP contribution in [0.1, 0.15) is 34.1 Å². The van der Waals surface area contributed by atoms with Crippen LogP contribution >= 0.6 is 0 Å². The third-order valence-electron chi connectivity index (χ3n) is 4.02. The van der Waals surface area contributed by atoms with E-state index in [0.717, 1.165) is 24.2 Å². The van der Waals surface area contributed by atoms with Crippen LogP contribution in [0.4, 0.5) is 0 Å². The largest absolute Gasteiger partial charge is 0.377 e. The summed E-state index contributed by atoms with van der Waals surface area (Å²) in [4.78, 5) is 23.0. The fourth-order valence-electron chi connectivity index (χ4n) is 2.75. The SMILES string of the molecule is Cc1cc(C(=O)N2CCOCC2CCc2nccnc2C)on1. The average Bonchev–Trinajstić information content (AvgIpc) is 3.00. The molecule has 0 saturated carbocycles. The van der Waals surface area contributed by atoms with Crippen LogP contribution in [-0.4, -0.2) is 51.7 Å². The molecule has 0 radical (unpaired) electrons. The molecule has 1 aliphatic heterocycles. The molecule has 7 nitrogen and oxygen atoms in total. The van der Waals surface area contributed by atoms with Crippen molar-refractivity contribution in [3.63, 3.8) is 0 Å². The number of aromatic nitrogens is 3. The Labute approximate surface area is 134 Å². The fourth-order valence-corrected chi connectivity index (χ4v) is 2.75. The van der Waals surface area contributed by atoms with Crippen molar-refractivity contribution in [3.8, 4) is 0 Å². The van der Waals surface area contributed by atoms with Gasteiger partial charge in [0, 0.05) is 25.0 Å². The Balaban J connectivity index is 1.69. The number of carbonyl (C=O) groups excluding carboxylic acids is 1. The van der Waals surface area contributed by atoms with Crippen molar-refractivity contribution in [1.29, 1.82) is 0 Å². The number of rotatable bonds is 4. The van der Waals surface area contributed by atoms with Gasteiger partial charge in [-0.2, -0.15) is 0 Å². The van der Waals surface area contributed by atoms with Crippen molar-refractivity contribution in [2.45, 2.75) is 32.7 Å². The van der Waals surface area contributed by atoms with Crippen LogP contribution in [0.3, 0.4) is 0 Å². The zero-order chi connectivity index (χ0) is 16.2. The summed E-state index contributed by atoms with van der Waals surface area (Å²) in [6.07, 6.45) is 4.91. The second-order valence-corrected chi connectivity index (χ2v) is 5.69. The van der Waals surface area contributed by atoms with E-state index in [2.05, 4.69) is 15.1 Å². The van der Waals surface area contributed by atoms with Crippen LogP contribution in [0.15, 0.2) is 23.0 Å². The third kappa shape index (κ3) is 3.56. The Morgan fingerprint density at radius 1 is 1.35 bits per heavy atom. The van der Waals surface area contributed by atoms with E-state index in [1.54, 1.807) is 25.4 Å². The van der Waals surface area contributed by atoms with Crippen LogP contribution in [0.25, 0.3) is 0 Å². The molecule has 1 saturated heterocycles. The lowest BCUT2D eigenvalue weighted by molar-refractivity contribution is -0.00604. The molecule has 1 atom stereocenters. The molecule has 1 fully saturated rings. The van der Waals surface area contributed by atoms with Gasteiger partial charge in [-0.15, -0.1) is 0 Å². The molecule has 0 N–H and O–H groups in total. The second-order valence-electron chi connectivity index (χ2n) is 5.69. The lowest BCUT2D eigenvalue weighted by atomic mass is 10.1. The highest BCUT2D eigenvalue weighted by molar-refractivity contribution is 5.91. The Morgan fingerprint density at radius 2 is 2.17 bits per heavy atom. The zero-order valence-electron chi connectivity index (χ0n) is 13.4. The smallest absolute Gasteiger partial charge is 0.292 e. The molecule has 0 bridgehead atoms. The molecule has 0 spiro atoms. The van der Waals surface area contributed by atoms with E-state index in [1.165, 1.54) is 0 Å². The molecule has 3 rings (SSSR count). The van der Waals surface area contributed by atoms with E-state index in [1.807, 2.05) is 11.8 Å². The van der Waals surface area contributed by atoms with Crippen molar-refractivity contribution in [1.82, 2.24) is 20.0 Å². The van der Waals surface area contributed by atoms with Crippen LogP contribution in [0.2, 0.25) is 0 Å². The summed E-state index contributed by atoms with van der Waals surface area (Å²) in [5, 5.41) is 3.79. The van der Waals surface area contributed by atoms with Crippen LogP contribution in [0.5, 0.6) is 0 Å². The summed E-state index contributed by atoms with van der Waals surface area (Å²) in [6, 6.07) is 1.67. The maximum Gasteiger partial charge on any atom is 0.292 e.